The van der Waals surface area contributed by atoms with Gasteiger partial charge in [-0.15, -0.1) is 0 Å². The fourth-order valence-electron chi connectivity index (χ4n) is 4.62. The van der Waals surface area contributed by atoms with Gasteiger partial charge in [0.1, 0.15) is 11.3 Å². The van der Waals surface area contributed by atoms with E-state index in [-0.39, 0.29) is 16.8 Å². The number of anilines is 2. The van der Waals surface area contributed by atoms with Gasteiger partial charge in [0.05, 0.1) is 11.4 Å². The SMILES string of the molecule is Cn1cc2c3c(c[nH]c3c1=O)C(C(=O)O)N(c1ccc(F)cc1)c1ccc(CS(C)(=O)=O)cc1-2. The van der Waals surface area contributed by atoms with Crippen molar-refractivity contribution in [2.75, 3.05) is 11.2 Å². The molecule has 0 bridgehead atoms. The zero-order valence-corrected chi connectivity index (χ0v) is 19.1. The van der Waals surface area contributed by atoms with Gasteiger partial charge in [0.25, 0.3) is 5.56 Å². The summed E-state index contributed by atoms with van der Waals surface area (Å²) in [5.41, 5.74) is 2.91. The molecule has 0 aliphatic carbocycles. The highest BCUT2D eigenvalue weighted by molar-refractivity contribution is 7.89. The predicted molar refractivity (Wildman–Crippen MR) is 126 cm³/mol. The molecule has 1 aliphatic rings. The molecule has 2 aromatic heterocycles. The fraction of sp³-hybridized carbons (Fsp3) is 0.167. The average Bonchev–Trinajstić information content (AvgIpc) is 3.14. The highest BCUT2D eigenvalue weighted by Gasteiger charge is 2.37. The third-order valence-corrected chi connectivity index (χ3v) is 6.83. The van der Waals surface area contributed by atoms with Crippen LogP contribution in [0.5, 0.6) is 0 Å². The molecule has 0 spiro atoms. The number of fused-ring (bicyclic) bond motifs is 2. The van der Waals surface area contributed by atoms with E-state index in [4.69, 9.17) is 0 Å². The Bertz CT molecular complexity index is 1640. The molecule has 1 unspecified atom stereocenters. The first-order valence-corrected chi connectivity index (χ1v) is 12.4. The number of rotatable bonds is 4. The molecular formula is C24H20FN3O5S. The monoisotopic (exact) mass is 481 g/mol. The van der Waals surface area contributed by atoms with Gasteiger partial charge in [-0.2, -0.15) is 0 Å². The summed E-state index contributed by atoms with van der Waals surface area (Å²) in [5.74, 6) is -1.83. The molecule has 4 aromatic rings. The molecule has 10 heteroatoms. The highest BCUT2D eigenvalue weighted by Crippen LogP contribution is 2.48. The molecule has 3 heterocycles. The maximum Gasteiger partial charge on any atom is 0.331 e. The summed E-state index contributed by atoms with van der Waals surface area (Å²) >= 11 is 0. The summed E-state index contributed by atoms with van der Waals surface area (Å²) in [6, 6.07) is 9.23. The topological polar surface area (TPSA) is 112 Å². The van der Waals surface area contributed by atoms with Gasteiger partial charge >= 0.3 is 5.97 Å². The largest absolute Gasteiger partial charge is 0.479 e. The number of sulfone groups is 1. The number of aromatic nitrogens is 2. The molecule has 0 amide bonds. The Hall–Kier alpha value is -3.92. The Kier molecular flexibility index (Phi) is 4.87. The second-order valence-electron chi connectivity index (χ2n) is 8.46. The molecule has 174 valence electrons. The van der Waals surface area contributed by atoms with Crippen LogP contribution in [0.3, 0.4) is 0 Å². The lowest BCUT2D eigenvalue weighted by Gasteiger charge is -2.31. The van der Waals surface area contributed by atoms with Crippen LogP contribution in [0.2, 0.25) is 0 Å². The minimum atomic E-state index is -3.33. The first-order chi connectivity index (χ1) is 16.0. The summed E-state index contributed by atoms with van der Waals surface area (Å²) in [6.45, 7) is 0. The van der Waals surface area contributed by atoms with Crippen molar-refractivity contribution in [3.05, 3.63) is 82.2 Å². The first-order valence-electron chi connectivity index (χ1n) is 10.3. The van der Waals surface area contributed by atoms with Crippen molar-refractivity contribution in [3.8, 4) is 11.1 Å². The smallest absolute Gasteiger partial charge is 0.331 e. The average molecular weight is 482 g/mol. The number of carboxylic acids is 1. The lowest BCUT2D eigenvalue weighted by molar-refractivity contribution is -0.138. The minimum Gasteiger partial charge on any atom is -0.479 e. The molecule has 34 heavy (non-hydrogen) atoms. The third kappa shape index (κ3) is 3.47. The molecule has 1 aliphatic heterocycles. The van der Waals surface area contributed by atoms with Gasteiger partial charge in [-0.1, -0.05) is 6.07 Å². The van der Waals surface area contributed by atoms with Crippen molar-refractivity contribution < 1.29 is 22.7 Å². The van der Waals surface area contributed by atoms with Gasteiger partial charge in [-0.3, -0.25) is 4.79 Å². The molecule has 0 radical (unpaired) electrons. The summed E-state index contributed by atoms with van der Waals surface area (Å²) in [4.78, 5) is 29.9. The Morgan fingerprint density at radius 3 is 2.50 bits per heavy atom. The van der Waals surface area contributed by atoms with Crippen molar-refractivity contribution in [2.45, 2.75) is 11.8 Å². The summed E-state index contributed by atoms with van der Waals surface area (Å²) in [6.07, 6.45) is 4.27. The number of nitrogens with zero attached hydrogens (tertiary/aromatic N) is 2. The van der Waals surface area contributed by atoms with Crippen LogP contribution in [-0.4, -0.2) is 35.3 Å². The molecule has 2 aromatic carbocycles. The molecule has 0 saturated carbocycles. The van der Waals surface area contributed by atoms with Crippen molar-refractivity contribution in [1.82, 2.24) is 9.55 Å². The van der Waals surface area contributed by atoms with Crippen LogP contribution >= 0.6 is 0 Å². The van der Waals surface area contributed by atoms with E-state index in [2.05, 4.69) is 4.98 Å². The Balaban J connectivity index is 1.92. The van der Waals surface area contributed by atoms with E-state index in [0.29, 0.717) is 39.0 Å². The maximum atomic E-state index is 13.7. The van der Waals surface area contributed by atoms with E-state index in [1.54, 1.807) is 36.3 Å². The normalized spacial score (nSPS) is 15.3. The molecule has 0 saturated heterocycles. The number of nitrogens with one attached hydrogen (secondary N) is 1. The summed E-state index contributed by atoms with van der Waals surface area (Å²) < 4.78 is 39.0. The van der Waals surface area contributed by atoms with Crippen LogP contribution in [0, 0.1) is 5.82 Å². The molecule has 2 N–H and O–H groups in total. The fourth-order valence-corrected chi connectivity index (χ4v) is 5.41. The zero-order chi connectivity index (χ0) is 24.4. The van der Waals surface area contributed by atoms with Gasteiger partial charge in [-0.25, -0.2) is 17.6 Å². The number of H-pyrrole nitrogens is 1. The zero-order valence-electron chi connectivity index (χ0n) is 18.2. The van der Waals surface area contributed by atoms with E-state index in [0.717, 1.165) is 6.26 Å². The van der Waals surface area contributed by atoms with Crippen molar-refractivity contribution in [3.63, 3.8) is 0 Å². The van der Waals surface area contributed by atoms with Gasteiger partial charge < -0.3 is 19.6 Å². The number of aromatic amines is 1. The van der Waals surface area contributed by atoms with Gasteiger partial charge in [0.2, 0.25) is 0 Å². The number of benzene rings is 2. The van der Waals surface area contributed by atoms with Crippen LogP contribution in [-0.2, 0) is 27.4 Å². The molecule has 0 fully saturated rings. The highest BCUT2D eigenvalue weighted by atomic mass is 32.2. The van der Waals surface area contributed by atoms with Crippen LogP contribution in [0.25, 0.3) is 22.0 Å². The minimum absolute atomic E-state index is 0.200. The van der Waals surface area contributed by atoms with E-state index >= 15 is 0 Å². The molecule has 5 rings (SSSR count). The quantitative estimate of drug-likeness (QED) is 0.461. The van der Waals surface area contributed by atoms with Gasteiger partial charge in [0.15, 0.2) is 15.9 Å². The van der Waals surface area contributed by atoms with E-state index in [1.165, 1.54) is 35.0 Å². The third-order valence-electron chi connectivity index (χ3n) is 5.97. The molecule has 8 nitrogen and oxygen atoms in total. The van der Waals surface area contributed by atoms with Crippen LogP contribution in [0.15, 0.2) is 59.7 Å². The lowest BCUT2D eigenvalue weighted by atomic mass is 9.99. The molecule has 1 atom stereocenters. The van der Waals surface area contributed by atoms with Gasteiger partial charge in [-0.05, 0) is 42.0 Å². The Morgan fingerprint density at radius 1 is 1.15 bits per heavy atom. The summed E-state index contributed by atoms with van der Waals surface area (Å²) in [7, 11) is -1.74. The van der Waals surface area contributed by atoms with E-state index < -0.39 is 27.7 Å². The number of aryl methyl sites for hydroxylation is 1. The van der Waals surface area contributed by atoms with Crippen LogP contribution < -0.4 is 10.5 Å². The number of carbonyl (C=O) groups is 1. The van der Waals surface area contributed by atoms with Crippen LogP contribution in [0.4, 0.5) is 15.8 Å². The summed E-state index contributed by atoms with van der Waals surface area (Å²) in [5, 5.41) is 10.8. The first kappa shape index (κ1) is 21.9. The van der Waals surface area contributed by atoms with E-state index in [9.17, 15) is 27.5 Å². The number of hydrogen-bond acceptors (Lipinski definition) is 5. The standard InChI is InChI=1S/C24H20FN3O5S/c1-27-11-18-16-9-13(12-34(2,32)33)3-8-19(16)28(15-6-4-14(25)5-7-15)22(24(30)31)17-10-26-21(20(17)18)23(27)29/h3-11,22,26H,12H2,1-2H3,(H,30,31). The van der Waals surface area contributed by atoms with E-state index in [1.807, 2.05) is 0 Å². The number of pyridine rings is 1. The maximum absolute atomic E-state index is 13.7. The second kappa shape index (κ2) is 7.56. The van der Waals surface area contributed by atoms with Crippen molar-refractivity contribution in [1.29, 1.82) is 0 Å². The second-order valence-corrected chi connectivity index (χ2v) is 10.6. The Morgan fingerprint density at radius 2 is 1.85 bits per heavy atom. The van der Waals surface area contributed by atoms with Crippen molar-refractivity contribution >= 4 is 38.1 Å². The van der Waals surface area contributed by atoms with Crippen molar-refractivity contribution in [2.24, 2.45) is 7.05 Å². The van der Waals surface area contributed by atoms with Crippen LogP contribution in [0.1, 0.15) is 17.2 Å². The number of carboxylic acid groups (broad SMARTS) is 1. The number of hydrogen-bond donors (Lipinski definition) is 2. The number of halogens is 1. The Labute approximate surface area is 193 Å². The molecular weight excluding hydrogens is 461 g/mol. The predicted octanol–water partition coefficient (Wildman–Crippen LogP) is 3.49. The number of aliphatic carboxylic acids is 1. The lowest BCUT2D eigenvalue weighted by Crippen LogP contribution is -2.30. The van der Waals surface area contributed by atoms with Gasteiger partial charge in [0, 0.05) is 53.5 Å².